The van der Waals surface area contributed by atoms with Gasteiger partial charge in [0.15, 0.2) is 0 Å². The zero-order valence-electron chi connectivity index (χ0n) is 17.0. The number of hydrogen-bond donors (Lipinski definition) is 0. The Bertz CT molecular complexity index is 1160. The third kappa shape index (κ3) is 2.53. The number of aryl methyl sites for hydroxylation is 3. The molecule has 0 atom stereocenters. The lowest BCUT2D eigenvalue weighted by molar-refractivity contribution is 0.653. The molecule has 0 saturated carbocycles. The van der Waals surface area contributed by atoms with Crippen molar-refractivity contribution < 1.29 is 0 Å². The van der Waals surface area contributed by atoms with Gasteiger partial charge in [-0.25, -0.2) is 0 Å². The van der Waals surface area contributed by atoms with Crippen molar-refractivity contribution >= 4 is 10.9 Å². The van der Waals surface area contributed by atoms with E-state index < -0.39 is 0 Å². The number of benzene rings is 3. The second kappa shape index (κ2) is 6.38. The summed E-state index contributed by atoms with van der Waals surface area (Å²) < 4.78 is 2.58. The van der Waals surface area contributed by atoms with Crippen LogP contribution < -0.4 is 0 Å². The number of aromatic nitrogens is 1. The lowest BCUT2D eigenvalue weighted by atomic mass is 9.81. The van der Waals surface area contributed by atoms with Gasteiger partial charge in [0.1, 0.15) is 0 Å². The Hall–Kier alpha value is -2.80. The number of nitrogens with zero attached hydrogens (tertiary/aromatic N) is 1. The van der Waals surface area contributed by atoms with Gasteiger partial charge in [-0.2, -0.15) is 0 Å². The molecule has 3 aromatic carbocycles. The summed E-state index contributed by atoms with van der Waals surface area (Å²) in [6, 6.07) is 26.8. The van der Waals surface area contributed by atoms with Gasteiger partial charge in [-0.05, 0) is 48.6 Å². The average molecular weight is 366 g/mol. The summed E-state index contributed by atoms with van der Waals surface area (Å²) in [6.45, 7) is 8.02. The minimum atomic E-state index is 0.0443. The molecule has 1 heterocycles. The van der Waals surface area contributed by atoms with Crippen LogP contribution >= 0.6 is 0 Å². The SMILES string of the molecule is Cc1ccc2c(c1)c1c(n2CCCc2ccccc2)-c2ccccc2C1(C)C. The molecule has 0 spiro atoms. The molecule has 5 rings (SSSR count). The number of hydrogen-bond acceptors (Lipinski definition) is 0. The second-order valence-electron chi connectivity index (χ2n) is 8.66. The van der Waals surface area contributed by atoms with Crippen LogP contribution in [0.1, 0.15) is 42.5 Å². The second-order valence-corrected chi connectivity index (χ2v) is 8.66. The van der Waals surface area contributed by atoms with Crippen LogP contribution in [0.5, 0.6) is 0 Å². The summed E-state index contributed by atoms with van der Waals surface area (Å²) in [6.07, 6.45) is 2.27. The standard InChI is InChI=1S/C27H27N/c1-19-15-16-24-22(18-19)25-26(21-13-7-8-14-23(21)27(25,2)3)28(24)17-9-12-20-10-5-4-6-11-20/h4-8,10-11,13-16,18H,9,12,17H2,1-3H3. The molecule has 0 amide bonds. The normalized spacial score (nSPS) is 14.2. The van der Waals surface area contributed by atoms with Crippen molar-refractivity contribution in [1.29, 1.82) is 0 Å². The highest BCUT2D eigenvalue weighted by Gasteiger charge is 2.39. The highest BCUT2D eigenvalue weighted by Crippen LogP contribution is 2.52. The molecule has 1 aliphatic rings. The van der Waals surface area contributed by atoms with Gasteiger partial charge < -0.3 is 4.57 Å². The first kappa shape index (κ1) is 17.3. The van der Waals surface area contributed by atoms with Gasteiger partial charge in [-0.3, -0.25) is 0 Å². The minimum absolute atomic E-state index is 0.0443. The molecule has 1 aromatic heterocycles. The van der Waals surface area contributed by atoms with Gasteiger partial charge in [0.2, 0.25) is 0 Å². The van der Waals surface area contributed by atoms with Crippen LogP contribution in [0.3, 0.4) is 0 Å². The Morgan fingerprint density at radius 3 is 2.43 bits per heavy atom. The summed E-state index contributed by atoms with van der Waals surface area (Å²) >= 11 is 0. The molecule has 0 saturated heterocycles. The molecule has 0 N–H and O–H groups in total. The Morgan fingerprint density at radius 1 is 0.857 bits per heavy atom. The van der Waals surface area contributed by atoms with Crippen molar-refractivity contribution in [1.82, 2.24) is 4.57 Å². The van der Waals surface area contributed by atoms with Crippen molar-refractivity contribution in [3.05, 3.63) is 95.1 Å². The van der Waals surface area contributed by atoms with E-state index in [4.69, 9.17) is 0 Å². The van der Waals surface area contributed by atoms with E-state index in [0.29, 0.717) is 0 Å². The molecule has 1 nitrogen and oxygen atoms in total. The van der Waals surface area contributed by atoms with Gasteiger partial charge in [0, 0.05) is 28.4 Å². The first-order chi connectivity index (χ1) is 13.6. The average Bonchev–Trinajstić information content (AvgIpc) is 3.14. The Balaban J connectivity index is 1.64. The van der Waals surface area contributed by atoms with Gasteiger partial charge in [-0.15, -0.1) is 0 Å². The molecule has 1 heteroatoms. The van der Waals surface area contributed by atoms with Crippen molar-refractivity contribution in [3.8, 4) is 11.3 Å². The predicted octanol–water partition coefficient (Wildman–Crippen LogP) is 6.89. The Kier molecular flexibility index (Phi) is 3.94. The van der Waals surface area contributed by atoms with Crippen molar-refractivity contribution in [2.24, 2.45) is 0 Å². The van der Waals surface area contributed by atoms with Crippen LogP contribution in [0, 0.1) is 6.92 Å². The van der Waals surface area contributed by atoms with Crippen LogP contribution in [0.2, 0.25) is 0 Å². The molecular weight excluding hydrogens is 338 g/mol. The van der Waals surface area contributed by atoms with Crippen molar-refractivity contribution in [2.45, 2.75) is 45.6 Å². The summed E-state index contributed by atoms with van der Waals surface area (Å²) in [5.41, 5.74) is 10.0. The van der Waals surface area contributed by atoms with Gasteiger partial charge >= 0.3 is 0 Å². The first-order valence-corrected chi connectivity index (χ1v) is 10.3. The summed E-state index contributed by atoms with van der Waals surface area (Å²) in [7, 11) is 0. The molecular formula is C27H27N. The molecule has 0 radical (unpaired) electrons. The molecule has 4 aromatic rings. The van der Waals surface area contributed by atoms with Crippen LogP contribution in [-0.2, 0) is 18.4 Å². The number of fused-ring (bicyclic) bond motifs is 5. The Morgan fingerprint density at radius 2 is 1.61 bits per heavy atom. The van der Waals surface area contributed by atoms with E-state index in [1.54, 1.807) is 0 Å². The maximum atomic E-state index is 2.58. The van der Waals surface area contributed by atoms with Crippen LogP contribution in [0.25, 0.3) is 22.2 Å². The first-order valence-electron chi connectivity index (χ1n) is 10.3. The zero-order valence-corrected chi connectivity index (χ0v) is 17.0. The van der Waals surface area contributed by atoms with Gasteiger partial charge in [0.25, 0.3) is 0 Å². The van der Waals surface area contributed by atoms with E-state index in [0.717, 1.165) is 19.4 Å². The quantitative estimate of drug-likeness (QED) is 0.371. The molecule has 0 bridgehead atoms. The molecule has 0 aliphatic heterocycles. The topological polar surface area (TPSA) is 4.93 Å². The summed E-state index contributed by atoms with van der Waals surface area (Å²) in [5, 5.41) is 1.43. The lowest BCUT2D eigenvalue weighted by Gasteiger charge is -2.21. The fraction of sp³-hybridized carbons (Fsp3) is 0.259. The van der Waals surface area contributed by atoms with E-state index in [-0.39, 0.29) is 5.41 Å². The van der Waals surface area contributed by atoms with Crippen molar-refractivity contribution in [2.75, 3.05) is 0 Å². The van der Waals surface area contributed by atoms with E-state index >= 15 is 0 Å². The minimum Gasteiger partial charge on any atom is -0.340 e. The van der Waals surface area contributed by atoms with Crippen LogP contribution in [0.4, 0.5) is 0 Å². The zero-order chi connectivity index (χ0) is 19.3. The third-order valence-corrected chi connectivity index (χ3v) is 6.39. The van der Waals surface area contributed by atoms with Crippen molar-refractivity contribution in [3.63, 3.8) is 0 Å². The summed E-state index contributed by atoms with van der Waals surface area (Å²) in [4.78, 5) is 0. The highest BCUT2D eigenvalue weighted by molar-refractivity contribution is 5.98. The maximum absolute atomic E-state index is 2.58. The molecule has 0 fully saturated rings. The number of rotatable bonds is 4. The molecule has 1 aliphatic carbocycles. The predicted molar refractivity (Wildman–Crippen MR) is 119 cm³/mol. The maximum Gasteiger partial charge on any atom is 0.0535 e. The van der Waals surface area contributed by atoms with E-state index in [2.05, 4.69) is 98.1 Å². The third-order valence-electron chi connectivity index (χ3n) is 6.39. The monoisotopic (exact) mass is 365 g/mol. The van der Waals surface area contributed by atoms with Gasteiger partial charge in [0.05, 0.1) is 5.69 Å². The molecule has 140 valence electrons. The van der Waals surface area contributed by atoms with E-state index in [9.17, 15) is 0 Å². The fourth-order valence-electron chi connectivity index (χ4n) is 5.07. The largest absolute Gasteiger partial charge is 0.340 e. The lowest BCUT2D eigenvalue weighted by Crippen LogP contribution is -2.14. The van der Waals surface area contributed by atoms with Crippen LogP contribution in [0.15, 0.2) is 72.8 Å². The van der Waals surface area contributed by atoms with E-state index in [1.165, 1.54) is 44.4 Å². The Labute approximate surface area is 167 Å². The van der Waals surface area contributed by atoms with Gasteiger partial charge in [-0.1, -0.05) is 80.1 Å². The fourth-order valence-corrected chi connectivity index (χ4v) is 5.07. The smallest absolute Gasteiger partial charge is 0.0535 e. The van der Waals surface area contributed by atoms with Crippen LogP contribution in [-0.4, -0.2) is 4.57 Å². The summed E-state index contributed by atoms with van der Waals surface area (Å²) in [5.74, 6) is 0. The van der Waals surface area contributed by atoms with E-state index in [1.807, 2.05) is 0 Å². The molecule has 0 unspecified atom stereocenters. The molecule has 28 heavy (non-hydrogen) atoms. The highest BCUT2D eigenvalue weighted by atomic mass is 15.0.